The minimum Gasteiger partial charge on any atom is -0.386 e. The standard InChI is InChI=1S/C22H25F3N2O2/c1-4-5-14(3)22(29)11-27(12-22)21(28)15-7-8-16(23)19(25)20(15)26-18-9-6-13(2)10-17(18)24/h6-10,14,26,29H,4-5,11-12H2,1-3H3. The Labute approximate surface area is 168 Å². The van der Waals surface area contributed by atoms with Crippen molar-refractivity contribution in [2.75, 3.05) is 18.4 Å². The number of carbonyl (C=O) groups is 1. The average Bonchev–Trinajstić information content (AvgIpc) is 2.64. The molecule has 2 aromatic rings. The van der Waals surface area contributed by atoms with Crippen molar-refractivity contribution in [3.8, 4) is 0 Å². The quantitative estimate of drug-likeness (QED) is 0.726. The summed E-state index contributed by atoms with van der Waals surface area (Å²) in [4.78, 5) is 14.3. The van der Waals surface area contributed by atoms with E-state index >= 15 is 0 Å². The van der Waals surface area contributed by atoms with Crippen molar-refractivity contribution in [2.45, 2.75) is 39.2 Å². The Bertz CT molecular complexity index is 927. The lowest BCUT2D eigenvalue weighted by Crippen LogP contribution is -2.66. The lowest BCUT2D eigenvalue weighted by Gasteiger charge is -2.50. The molecule has 1 atom stereocenters. The molecule has 1 saturated heterocycles. The number of benzene rings is 2. The summed E-state index contributed by atoms with van der Waals surface area (Å²) in [5.74, 6) is -3.58. The molecule has 0 bridgehead atoms. The van der Waals surface area contributed by atoms with E-state index in [4.69, 9.17) is 0 Å². The Morgan fingerprint density at radius 1 is 1.21 bits per heavy atom. The number of hydrogen-bond donors (Lipinski definition) is 2. The fraction of sp³-hybridized carbons (Fsp3) is 0.409. The van der Waals surface area contributed by atoms with E-state index in [0.717, 1.165) is 18.9 Å². The van der Waals surface area contributed by atoms with E-state index in [2.05, 4.69) is 5.32 Å². The van der Waals surface area contributed by atoms with Gasteiger partial charge in [0.1, 0.15) is 11.4 Å². The minimum absolute atomic E-state index is 0.0146. The first-order chi connectivity index (χ1) is 13.7. The lowest BCUT2D eigenvalue weighted by molar-refractivity contribution is -0.117. The summed E-state index contributed by atoms with van der Waals surface area (Å²) in [6.07, 6.45) is 1.74. The highest BCUT2D eigenvalue weighted by Gasteiger charge is 2.47. The van der Waals surface area contributed by atoms with Crippen molar-refractivity contribution in [1.29, 1.82) is 0 Å². The molecule has 1 aliphatic heterocycles. The lowest BCUT2D eigenvalue weighted by atomic mass is 9.79. The first-order valence-corrected chi connectivity index (χ1v) is 9.69. The highest BCUT2D eigenvalue weighted by molar-refractivity contribution is 6.01. The third-order valence-electron chi connectivity index (χ3n) is 5.57. The second kappa shape index (κ2) is 8.06. The number of nitrogens with one attached hydrogen (secondary N) is 1. The van der Waals surface area contributed by atoms with Crippen LogP contribution in [0, 0.1) is 30.3 Å². The maximum atomic E-state index is 14.5. The number of aryl methyl sites for hydroxylation is 1. The molecule has 0 saturated carbocycles. The minimum atomic E-state index is -1.26. The van der Waals surface area contributed by atoms with E-state index in [1.807, 2.05) is 13.8 Å². The van der Waals surface area contributed by atoms with E-state index in [9.17, 15) is 23.1 Å². The van der Waals surface area contributed by atoms with Crippen molar-refractivity contribution >= 4 is 17.3 Å². The van der Waals surface area contributed by atoms with Crippen LogP contribution < -0.4 is 5.32 Å². The van der Waals surface area contributed by atoms with E-state index in [1.54, 1.807) is 13.0 Å². The molecule has 2 aromatic carbocycles. The predicted octanol–water partition coefficient (Wildman–Crippen LogP) is 4.78. The number of likely N-dealkylation sites (tertiary alicyclic amines) is 1. The van der Waals surface area contributed by atoms with Crippen LogP contribution in [0.3, 0.4) is 0 Å². The maximum absolute atomic E-state index is 14.5. The molecule has 2 N–H and O–H groups in total. The van der Waals surface area contributed by atoms with Crippen molar-refractivity contribution < 1.29 is 23.1 Å². The zero-order valence-corrected chi connectivity index (χ0v) is 16.7. The van der Waals surface area contributed by atoms with E-state index in [0.29, 0.717) is 5.56 Å². The van der Waals surface area contributed by atoms with Crippen LogP contribution in [0.4, 0.5) is 24.5 Å². The summed E-state index contributed by atoms with van der Waals surface area (Å²) in [5, 5.41) is 13.2. The first-order valence-electron chi connectivity index (χ1n) is 9.69. The number of anilines is 2. The van der Waals surface area contributed by atoms with Crippen molar-refractivity contribution in [1.82, 2.24) is 4.90 Å². The fourth-order valence-electron chi connectivity index (χ4n) is 3.65. The van der Waals surface area contributed by atoms with Gasteiger partial charge in [-0.25, -0.2) is 13.2 Å². The average molecular weight is 406 g/mol. The third-order valence-corrected chi connectivity index (χ3v) is 5.57. The molecular weight excluding hydrogens is 381 g/mol. The fourth-order valence-corrected chi connectivity index (χ4v) is 3.65. The molecule has 0 spiro atoms. The molecular formula is C22H25F3N2O2. The number of rotatable bonds is 6. The maximum Gasteiger partial charge on any atom is 0.256 e. The van der Waals surface area contributed by atoms with Gasteiger partial charge in [0.05, 0.1) is 30.0 Å². The Kier molecular flexibility index (Phi) is 5.89. The van der Waals surface area contributed by atoms with Gasteiger partial charge < -0.3 is 15.3 Å². The summed E-state index contributed by atoms with van der Waals surface area (Å²) in [5.41, 5.74) is -0.916. The van der Waals surface area contributed by atoms with Gasteiger partial charge in [-0.05, 0) is 49.1 Å². The molecule has 1 fully saturated rings. The van der Waals surface area contributed by atoms with Gasteiger partial charge in [-0.15, -0.1) is 0 Å². The van der Waals surface area contributed by atoms with Crippen LogP contribution in [0.25, 0.3) is 0 Å². The van der Waals surface area contributed by atoms with Crippen molar-refractivity contribution in [3.05, 3.63) is 58.9 Å². The highest BCUT2D eigenvalue weighted by atomic mass is 19.2. The summed E-state index contributed by atoms with van der Waals surface area (Å²) in [6, 6.07) is 6.31. The smallest absolute Gasteiger partial charge is 0.256 e. The first kappa shape index (κ1) is 21.2. The van der Waals surface area contributed by atoms with Crippen LogP contribution >= 0.6 is 0 Å². The molecule has 7 heteroatoms. The van der Waals surface area contributed by atoms with E-state index in [1.165, 1.54) is 23.1 Å². The van der Waals surface area contributed by atoms with Crippen LogP contribution in [0.5, 0.6) is 0 Å². The summed E-state index contributed by atoms with van der Waals surface area (Å²) < 4.78 is 42.5. The SMILES string of the molecule is CCCC(C)C1(O)CN(C(=O)c2ccc(F)c(F)c2Nc2ccc(C)cc2F)C1. The molecule has 1 amide bonds. The second-order valence-electron chi connectivity index (χ2n) is 7.85. The van der Waals surface area contributed by atoms with Gasteiger partial charge in [-0.2, -0.15) is 0 Å². The molecule has 4 nitrogen and oxygen atoms in total. The Morgan fingerprint density at radius 3 is 2.52 bits per heavy atom. The van der Waals surface area contributed by atoms with Gasteiger partial charge >= 0.3 is 0 Å². The van der Waals surface area contributed by atoms with Crippen LogP contribution in [0.15, 0.2) is 30.3 Å². The number of carbonyl (C=O) groups excluding carboxylic acids is 1. The number of amides is 1. The zero-order chi connectivity index (χ0) is 21.3. The molecule has 0 aliphatic carbocycles. The second-order valence-corrected chi connectivity index (χ2v) is 7.85. The van der Waals surface area contributed by atoms with Crippen LogP contribution in [-0.2, 0) is 0 Å². The Hall–Kier alpha value is -2.54. The highest BCUT2D eigenvalue weighted by Crippen LogP contribution is 2.35. The van der Waals surface area contributed by atoms with Crippen molar-refractivity contribution in [3.63, 3.8) is 0 Å². The Balaban J connectivity index is 1.87. The third kappa shape index (κ3) is 4.10. The molecule has 0 aromatic heterocycles. The monoisotopic (exact) mass is 406 g/mol. The normalized spacial score (nSPS) is 16.3. The van der Waals surface area contributed by atoms with Gasteiger partial charge in [0.25, 0.3) is 5.91 Å². The Morgan fingerprint density at radius 2 is 1.90 bits per heavy atom. The van der Waals surface area contributed by atoms with Gasteiger partial charge in [0, 0.05) is 0 Å². The summed E-state index contributed by atoms with van der Waals surface area (Å²) in [7, 11) is 0. The number of β-amino-alcohol motifs (C(OH)–C–C–N with tert-alkyl or cyclic N) is 1. The number of aliphatic hydroxyl groups is 1. The molecule has 1 heterocycles. The molecule has 156 valence electrons. The van der Waals surface area contributed by atoms with E-state index in [-0.39, 0.29) is 30.3 Å². The van der Waals surface area contributed by atoms with Crippen LogP contribution in [0.1, 0.15) is 42.6 Å². The summed E-state index contributed by atoms with van der Waals surface area (Å²) in [6.45, 7) is 5.88. The van der Waals surface area contributed by atoms with Gasteiger partial charge in [0.15, 0.2) is 11.6 Å². The zero-order valence-electron chi connectivity index (χ0n) is 16.7. The molecule has 0 radical (unpaired) electrons. The number of nitrogens with zero attached hydrogens (tertiary/aromatic N) is 1. The predicted molar refractivity (Wildman–Crippen MR) is 106 cm³/mol. The molecule has 29 heavy (non-hydrogen) atoms. The van der Waals surface area contributed by atoms with Gasteiger partial charge in [-0.3, -0.25) is 4.79 Å². The van der Waals surface area contributed by atoms with E-state index < -0.39 is 34.6 Å². The van der Waals surface area contributed by atoms with Crippen molar-refractivity contribution in [2.24, 2.45) is 5.92 Å². The van der Waals surface area contributed by atoms with Gasteiger partial charge in [-0.1, -0.05) is 26.3 Å². The number of hydrogen-bond acceptors (Lipinski definition) is 3. The molecule has 1 unspecified atom stereocenters. The van der Waals surface area contributed by atoms with Crippen LogP contribution in [0.2, 0.25) is 0 Å². The largest absolute Gasteiger partial charge is 0.386 e. The number of halogens is 3. The van der Waals surface area contributed by atoms with Gasteiger partial charge in [0.2, 0.25) is 0 Å². The molecule has 1 aliphatic rings. The van der Waals surface area contributed by atoms with Crippen LogP contribution in [-0.4, -0.2) is 34.6 Å². The topological polar surface area (TPSA) is 52.6 Å². The molecule has 3 rings (SSSR count). The summed E-state index contributed by atoms with van der Waals surface area (Å²) >= 11 is 0.